The molecular weight excluding hydrogens is 360 g/mol. The maximum absolute atomic E-state index is 12.6. The lowest BCUT2D eigenvalue weighted by Gasteiger charge is -2.11. The lowest BCUT2D eigenvalue weighted by molar-refractivity contribution is -0.146. The Kier molecular flexibility index (Phi) is 4.54. The van der Waals surface area contributed by atoms with Gasteiger partial charge in [0.1, 0.15) is 0 Å². The molecule has 1 aromatic carbocycles. The third kappa shape index (κ3) is 2.53. The summed E-state index contributed by atoms with van der Waals surface area (Å²) in [7, 11) is 1.05. The number of esters is 1. The molecule has 0 bridgehead atoms. The fourth-order valence-corrected chi connectivity index (χ4v) is 3.17. The van der Waals surface area contributed by atoms with Crippen LogP contribution in [0.5, 0.6) is 0 Å². The molecule has 3 rings (SSSR count). The van der Waals surface area contributed by atoms with Gasteiger partial charge in [-0.3, -0.25) is 28.3 Å². The molecule has 0 aliphatic carbocycles. The minimum absolute atomic E-state index is 0.0688. The highest BCUT2D eigenvalue weighted by molar-refractivity contribution is 5.98. The molecule has 10 nitrogen and oxygen atoms in total. The summed E-state index contributed by atoms with van der Waals surface area (Å²) in [6.07, 6.45) is 0. The quantitative estimate of drug-likeness (QED) is 0.495. The second-order valence-corrected chi connectivity index (χ2v) is 6.16. The number of hydrogen-bond donors (Lipinski definition) is 2. The number of carbonyl (C=O) groups excluding carboxylic acids is 1. The van der Waals surface area contributed by atoms with Crippen molar-refractivity contribution in [3.8, 4) is 0 Å². The van der Waals surface area contributed by atoms with Gasteiger partial charge in [0.25, 0.3) is 22.2 Å². The summed E-state index contributed by atoms with van der Waals surface area (Å²) in [4.78, 5) is 62.0. The number of methoxy groups -OCH3 is 1. The molecule has 0 saturated carbocycles. The number of benzene rings is 1. The van der Waals surface area contributed by atoms with Crippen molar-refractivity contribution in [2.45, 2.75) is 19.0 Å². The number of hydrogen-bond acceptors (Lipinski definition) is 8. The summed E-state index contributed by atoms with van der Waals surface area (Å²) in [6.45, 7) is 0.210. The maximum atomic E-state index is 12.6. The number of ether oxygens (including phenoxy) is 1. The first-order valence-electron chi connectivity index (χ1n) is 8.01. The van der Waals surface area contributed by atoms with Gasteiger partial charge < -0.3 is 14.9 Å². The second-order valence-electron chi connectivity index (χ2n) is 6.16. The normalized spacial score (nSPS) is 13.9. The summed E-state index contributed by atoms with van der Waals surface area (Å²) in [5.41, 5.74) is -3.14. The zero-order valence-corrected chi connectivity index (χ0v) is 14.5. The lowest BCUT2D eigenvalue weighted by atomic mass is 10.1. The first-order valence-corrected chi connectivity index (χ1v) is 8.01. The van der Waals surface area contributed by atoms with Gasteiger partial charge in [-0.15, -0.1) is 0 Å². The van der Waals surface area contributed by atoms with E-state index in [4.69, 9.17) is 0 Å². The monoisotopic (exact) mass is 376 g/mol. The van der Waals surface area contributed by atoms with E-state index in [1.54, 1.807) is 0 Å². The summed E-state index contributed by atoms with van der Waals surface area (Å²) < 4.78 is 5.90. The maximum Gasteiger partial charge on any atom is 0.331 e. The van der Waals surface area contributed by atoms with Crippen molar-refractivity contribution in [1.82, 2.24) is 9.13 Å². The molecule has 0 aliphatic rings. The number of aromatic nitrogens is 2. The van der Waals surface area contributed by atoms with Gasteiger partial charge in [-0.05, 0) is 19.1 Å². The Hall–Kier alpha value is -3.11. The SMILES string of the molecule is COC(=O)C(CO)n1c(=O)c2cc3c(=O)n(C(C)CO)c(=O)c3cc2c1=O. The van der Waals surface area contributed by atoms with E-state index in [2.05, 4.69) is 4.74 Å². The third-order valence-electron chi connectivity index (χ3n) is 4.62. The topological polar surface area (TPSA) is 145 Å². The highest BCUT2D eigenvalue weighted by Crippen LogP contribution is 2.17. The van der Waals surface area contributed by atoms with Crippen LogP contribution >= 0.6 is 0 Å². The van der Waals surface area contributed by atoms with Crippen molar-refractivity contribution in [3.63, 3.8) is 0 Å². The van der Waals surface area contributed by atoms with E-state index in [0.717, 1.165) is 23.8 Å². The number of aliphatic hydroxyl groups excluding tert-OH is 2. The molecule has 2 aromatic heterocycles. The van der Waals surface area contributed by atoms with Crippen LogP contribution in [0.1, 0.15) is 19.0 Å². The Morgan fingerprint density at radius 2 is 1.30 bits per heavy atom. The van der Waals surface area contributed by atoms with Crippen LogP contribution < -0.4 is 22.2 Å². The molecule has 0 radical (unpaired) electrons. The Morgan fingerprint density at radius 1 is 0.889 bits per heavy atom. The average molecular weight is 376 g/mol. The highest BCUT2D eigenvalue weighted by Gasteiger charge is 2.28. The number of carbonyl (C=O) groups is 1. The van der Waals surface area contributed by atoms with Gasteiger partial charge in [-0.2, -0.15) is 0 Å². The molecule has 0 saturated heterocycles. The first kappa shape index (κ1) is 18.7. The molecule has 0 amide bonds. The predicted octanol–water partition coefficient (Wildman–Crippen LogP) is -1.83. The summed E-state index contributed by atoms with van der Waals surface area (Å²) >= 11 is 0. The van der Waals surface area contributed by atoms with Gasteiger partial charge >= 0.3 is 5.97 Å². The van der Waals surface area contributed by atoms with Crippen molar-refractivity contribution in [2.75, 3.05) is 20.3 Å². The standard InChI is InChI=1S/C17H16N2O8/c1-7(5-20)18-13(22)8-3-10-11(4-9(8)14(18)23)16(25)19(15(10)24)12(6-21)17(26)27-2/h3-4,7,12,20-21H,5-6H2,1-2H3. The largest absolute Gasteiger partial charge is 0.467 e. The molecule has 10 heteroatoms. The average Bonchev–Trinajstić information content (AvgIpc) is 3.06. The van der Waals surface area contributed by atoms with Crippen LogP contribution in [0.15, 0.2) is 31.3 Å². The van der Waals surface area contributed by atoms with E-state index in [1.807, 2.05) is 0 Å². The molecular formula is C17H16N2O8. The minimum Gasteiger partial charge on any atom is -0.467 e. The summed E-state index contributed by atoms with van der Waals surface area (Å²) in [5.74, 6) is -0.977. The van der Waals surface area contributed by atoms with Gasteiger partial charge in [0.15, 0.2) is 6.04 Å². The van der Waals surface area contributed by atoms with Crippen molar-refractivity contribution >= 4 is 27.5 Å². The van der Waals surface area contributed by atoms with Gasteiger partial charge in [0.05, 0.1) is 47.9 Å². The molecule has 2 unspecified atom stereocenters. The van der Waals surface area contributed by atoms with Crippen LogP contribution in [-0.2, 0) is 9.53 Å². The lowest BCUT2D eigenvalue weighted by Crippen LogP contribution is -2.37. The van der Waals surface area contributed by atoms with Crippen LogP contribution in [0, 0.1) is 0 Å². The molecule has 27 heavy (non-hydrogen) atoms. The fourth-order valence-electron chi connectivity index (χ4n) is 3.17. The molecule has 3 aromatic rings. The van der Waals surface area contributed by atoms with E-state index in [0.29, 0.717) is 4.57 Å². The van der Waals surface area contributed by atoms with E-state index in [9.17, 15) is 34.2 Å². The third-order valence-corrected chi connectivity index (χ3v) is 4.62. The van der Waals surface area contributed by atoms with Crippen molar-refractivity contribution in [2.24, 2.45) is 0 Å². The molecule has 142 valence electrons. The second kappa shape index (κ2) is 6.56. The number of rotatable bonds is 5. The predicted molar refractivity (Wildman–Crippen MR) is 94.8 cm³/mol. The Morgan fingerprint density at radius 3 is 1.63 bits per heavy atom. The van der Waals surface area contributed by atoms with E-state index >= 15 is 0 Å². The zero-order chi connectivity index (χ0) is 20.0. The summed E-state index contributed by atoms with van der Waals surface area (Å²) in [5, 5.41) is 18.2. The molecule has 2 N–H and O–H groups in total. The first-order chi connectivity index (χ1) is 12.8. The van der Waals surface area contributed by atoms with Gasteiger partial charge in [-0.25, -0.2) is 4.79 Å². The van der Waals surface area contributed by atoms with Crippen LogP contribution in [0.4, 0.5) is 0 Å². The Balaban J connectivity index is 2.41. The number of nitrogens with zero attached hydrogens (tertiary/aromatic N) is 2. The fraction of sp³-hybridized carbons (Fsp3) is 0.353. The minimum atomic E-state index is -1.53. The Labute approximate surface area is 150 Å². The molecule has 2 atom stereocenters. The van der Waals surface area contributed by atoms with Crippen LogP contribution in [0.2, 0.25) is 0 Å². The van der Waals surface area contributed by atoms with E-state index < -0.39 is 53.5 Å². The summed E-state index contributed by atoms with van der Waals surface area (Å²) in [6, 6.07) is -0.0511. The van der Waals surface area contributed by atoms with Crippen molar-refractivity contribution < 1.29 is 19.7 Å². The van der Waals surface area contributed by atoms with Gasteiger partial charge in [-0.1, -0.05) is 0 Å². The van der Waals surface area contributed by atoms with Crippen LogP contribution in [-0.4, -0.2) is 45.6 Å². The smallest absolute Gasteiger partial charge is 0.331 e. The molecule has 0 aliphatic heterocycles. The van der Waals surface area contributed by atoms with Crippen LogP contribution in [0.3, 0.4) is 0 Å². The number of aliphatic hydroxyl groups is 2. The molecule has 0 fully saturated rings. The van der Waals surface area contributed by atoms with Gasteiger partial charge in [0, 0.05) is 0 Å². The molecule has 0 spiro atoms. The van der Waals surface area contributed by atoms with Crippen molar-refractivity contribution in [3.05, 3.63) is 53.5 Å². The zero-order valence-electron chi connectivity index (χ0n) is 14.5. The Bertz CT molecular complexity index is 1180. The van der Waals surface area contributed by atoms with E-state index in [-0.39, 0.29) is 21.5 Å². The number of fused-ring (bicyclic) bond motifs is 2. The van der Waals surface area contributed by atoms with Crippen LogP contribution in [0.25, 0.3) is 21.5 Å². The highest BCUT2D eigenvalue weighted by atomic mass is 16.5. The molecule has 2 heterocycles. The van der Waals surface area contributed by atoms with E-state index in [1.165, 1.54) is 6.92 Å². The van der Waals surface area contributed by atoms with Gasteiger partial charge in [0.2, 0.25) is 0 Å². The van der Waals surface area contributed by atoms with Crippen molar-refractivity contribution in [1.29, 1.82) is 0 Å².